The predicted molar refractivity (Wildman–Crippen MR) is 148 cm³/mol. The molecular formula is C30H24N2O7S. The first-order valence-electron chi connectivity index (χ1n) is 12.5. The van der Waals surface area contributed by atoms with Crippen molar-refractivity contribution in [3.8, 4) is 23.0 Å². The van der Waals surface area contributed by atoms with Crippen molar-refractivity contribution < 1.29 is 28.8 Å². The standard InChI is InChI=1S/C30H24N2O7S/c1-3-37-29(35)25-26(18-7-5-4-6-8-18)31-30-32(27(25)19-10-12-22-23(15-19)39-16-38-22)28(34)24(40-30)14-17-9-11-21(36-2)20(33)13-17/h4-15,27,33H,3,16H2,1-2H3/b24-14+/t27-/m1/s1. The Kier molecular flexibility index (Phi) is 6.61. The van der Waals surface area contributed by atoms with Crippen LogP contribution in [0.2, 0.25) is 0 Å². The van der Waals surface area contributed by atoms with Crippen LogP contribution in [0.3, 0.4) is 0 Å². The molecule has 1 aromatic heterocycles. The number of carbonyl (C=O) groups is 1. The zero-order valence-corrected chi connectivity index (χ0v) is 22.4. The molecule has 10 heteroatoms. The lowest BCUT2D eigenvalue weighted by atomic mass is 9.93. The minimum Gasteiger partial charge on any atom is -0.504 e. The molecule has 9 nitrogen and oxygen atoms in total. The molecule has 6 rings (SSSR count). The molecule has 0 unspecified atom stereocenters. The molecular weight excluding hydrogens is 532 g/mol. The molecule has 0 saturated carbocycles. The summed E-state index contributed by atoms with van der Waals surface area (Å²) in [5.41, 5.74) is 2.30. The van der Waals surface area contributed by atoms with E-state index in [1.54, 1.807) is 37.3 Å². The lowest BCUT2D eigenvalue weighted by Gasteiger charge is -2.26. The van der Waals surface area contributed by atoms with Crippen molar-refractivity contribution >= 4 is 29.1 Å². The molecule has 2 aliphatic heterocycles. The number of aromatic nitrogens is 1. The minimum absolute atomic E-state index is 0.0433. The third-order valence-electron chi connectivity index (χ3n) is 6.59. The number of esters is 1. The molecule has 4 aromatic rings. The lowest BCUT2D eigenvalue weighted by Crippen LogP contribution is -2.40. The third-order valence-corrected chi connectivity index (χ3v) is 7.57. The normalized spacial score (nSPS) is 15.9. The van der Waals surface area contributed by atoms with Crippen LogP contribution < -0.4 is 29.1 Å². The second-order valence-electron chi connectivity index (χ2n) is 8.98. The molecule has 0 bridgehead atoms. The van der Waals surface area contributed by atoms with Crippen LogP contribution in [0.5, 0.6) is 23.0 Å². The van der Waals surface area contributed by atoms with Crippen LogP contribution in [-0.2, 0) is 9.53 Å². The Morgan fingerprint density at radius 2 is 1.93 bits per heavy atom. The number of nitrogens with zero attached hydrogens (tertiary/aromatic N) is 2. The number of rotatable bonds is 6. The molecule has 0 aliphatic carbocycles. The SMILES string of the molecule is CCOC(=O)C1=C(c2ccccc2)N=c2s/c(=C/c3ccc(OC)c(O)c3)c(=O)n2[C@@H]1c1ccc2c(c1)OCO2. The van der Waals surface area contributed by atoms with Gasteiger partial charge in [-0.15, -0.1) is 0 Å². The fraction of sp³-hybridized carbons (Fsp3) is 0.167. The van der Waals surface area contributed by atoms with Crippen LogP contribution >= 0.6 is 11.3 Å². The molecule has 0 saturated heterocycles. The number of thiazole rings is 1. The highest BCUT2D eigenvalue weighted by Gasteiger charge is 2.36. The molecule has 0 spiro atoms. The van der Waals surface area contributed by atoms with Gasteiger partial charge in [0.25, 0.3) is 5.56 Å². The molecule has 40 heavy (non-hydrogen) atoms. The van der Waals surface area contributed by atoms with E-state index >= 15 is 0 Å². The van der Waals surface area contributed by atoms with E-state index in [1.807, 2.05) is 36.4 Å². The number of aromatic hydroxyl groups is 1. The maximum atomic E-state index is 14.0. The lowest BCUT2D eigenvalue weighted by molar-refractivity contribution is -0.138. The average molecular weight is 557 g/mol. The quantitative estimate of drug-likeness (QED) is 0.363. The van der Waals surface area contributed by atoms with Crippen LogP contribution in [0.1, 0.15) is 29.7 Å². The van der Waals surface area contributed by atoms with Crippen molar-refractivity contribution in [2.24, 2.45) is 4.99 Å². The summed E-state index contributed by atoms with van der Waals surface area (Å²) in [4.78, 5) is 32.8. The zero-order chi connectivity index (χ0) is 27.8. The summed E-state index contributed by atoms with van der Waals surface area (Å²) in [6, 6.07) is 18.7. The highest BCUT2D eigenvalue weighted by atomic mass is 32.1. The predicted octanol–water partition coefficient (Wildman–Crippen LogP) is 3.38. The summed E-state index contributed by atoms with van der Waals surface area (Å²) >= 11 is 1.20. The summed E-state index contributed by atoms with van der Waals surface area (Å²) < 4.78 is 23.6. The third kappa shape index (κ3) is 4.42. The van der Waals surface area contributed by atoms with Crippen molar-refractivity contribution in [2.45, 2.75) is 13.0 Å². The summed E-state index contributed by atoms with van der Waals surface area (Å²) in [6.45, 7) is 1.98. The van der Waals surface area contributed by atoms with Crippen LogP contribution in [-0.4, -0.2) is 36.2 Å². The second kappa shape index (κ2) is 10.4. The first kappa shape index (κ1) is 25.4. The number of benzene rings is 3. The van der Waals surface area contributed by atoms with Gasteiger partial charge >= 0.3 is 5.97 Å². The smallest absolute Gasteiger partial charge is 0.338 e. The van der Waals surface area contributed by atoms with Gasteiger partial charge < -0.3 is 24.1 Å². The minimum atomic E-state index is -0.841. The van der Waals surface area contributed by atoms with E-state index in [9.17, 15) is 14.7 Å². The Hall–Kier alpha value is -4.83. The van der Waals surface area contributed by atoms with Crippen LogP contribution in [0, 0.1) is 0 Å². The number of phenolic OH excluding ortho intramolecular Hbond substituents is 1. The van der Waals surface area contributed by atoms with E-state index in [4.69, 9.17) is 23.9 Å². The molecule has 1 N–H and O–H groups in total. The van der Waals surface area contributed by atoms with Crippen LogP contribution in [0.25, 0.3) is 11.8 Å². The highest BCUT2D eigenvalue weighted by molar-refractivity contribution is 7.07. The van der Waals surface area contributed by atoms with Gasteiger partial charge in [-0.2, -0.15) is 0 Å². The fourth-order valence-electron chi connectivity index (χ4n) is 4.79. The summed E-state index contributed by atoms with van der Waals surface area (Å²) in [5, 5.41) is 10.3. The molecule has 1 atom stereocenters. The number of carbonyl (C=O) groups excluding carboxylic acids is 1. The van der Waals surface area contributed by atoms with Gasteiger partial charge in [-0.1, -0.05) is 53.8 Å². The number of hydrogen-bond acceptors (Lipinski definition) is 9. The van der Waals surface area contributed by atoms with Crippen LogP contribution in [0.15, 0.2) is 82.1 Å². The van der Waals surface area contributed by atoms with E-state index in [0.29, 0.717) is 49.0 Å². The molecule has 202 valence electrons. The van der Waals surface area contributed by atoms with E-state index in [0.717, 1.165) is 0 Å². The summed E-state index contributed by atoms with van der Waals surface area (Å²) in [6.07, 6.45) is 1.68. The molecule has 0 fully saturated rings. The molecule has 3 aromatic carbocycles. The van der Waals surface area contributed by atoms with Gasteiger partial charge in [0.05, 0.1) is 35.6 Å². The van der Waals surface area contributed by atoms with E-state index in [2.05, 4.69) is 0 Å². The largest absolute Gasteiger partial charge is 0.504 e. The Bertz CT molecular complexity index is 1840. The highest BCUT2D eigenvalue weighted by Crippen LogP contribution is 2.40. The van der Waals surface area contributed by atoms with E-state index in [-0.39, 0.29) is 30.3 Å². The fourth-order valence-corrected chi connectivity index (χ4v) is 5.79. The second-order valence-corrected chi connectivity index (χ2v) is 9.98. The van der Waals surface area contributed by atoms with Gasteiger partial charge in [-0.3, -0.25) is 9.36 Å². The Morgan fingerprint density at radius 3 is 2.67 bits per heavy atom. The van der Waals surface area contributed by atoms with Crippen molar-refractivity contribution in [1.29, 1.82) is 0 Å². The van der Waals surface area contributed by atoms with Crippen molar-refractivity contribution in [1.82, 2.24) is 4.57 Å². The number of phenols is 1. The molecule has 0 radical (unpaired) electrons. The van der Waals surface area contributed by atoms with Crippen molar-refractivity contribution in [3.63, 3.8) is 0 Å². The molecule has 2 aliphatic rings. The number of hydrogen-bond donors (Lipinski definition) is 1. The van der Waals surface area contributed by atoms with E-state index in [1.165, 1.54) is 29.1 Å². The molecule has 0 amide bonds. The first-order valence-corrected chi connectivity index (χ1v) is 13.3. The molecule has 3 heterocycles. The topological polar surface area (TPSA) is 109 Å². The summed E-state index contributed by atoms with van der Waals surface area (Å²) in [5.74, 6) is 0.823. The van der Waals surface area contributed by atoms with Gasteiger partial charge in [0.1, 0.15) is 0 Å². The maximum Gasteiger partial charge on any atom is 0.338 e. The van der Waals surface area contributed by atoms with Gasteiger partial charge in [0.15, 0.2) is 27.8 Å². The van der Waals surface area contributed by atoms with Gasteiger partial charge in [-0.05, 0) is 48.4 Å². The van der Waals surface area contributed by atoms with Crippen LogP contribution in [0.4, 0.5) is 0 Å². The number of ether oxygens (including phenoxy) is 4. The number of fused-ring (bicyclic) bond motifs is 2. The number of methoxy groups -OCH3 is 1. The van der Waals surface area contributed by atoms with Gasteiger partial charge in [0.2, 0.25) is 6.79 Å². The summed E-state index contributed by atoms with van der Waals surface area (Å²) in [7, 11) is 1.47. The average Bonchev–Trinajstić information content (AvgIpc) is 3.56. The van der Waals surface area contributed by atoms with Gasteiger partial charge in [0, 0.05) is 5.56 Å². The zero-order valence-electron chi connectivity index (χ0n) is 21.6. The van der Waals surface area contributed by atoms with Crippen molar-refractivity contribution in [3.05, 3.63) is 109 Å². The first-order chi connectivity index (χ1) is 19.5. The Balaban J connectivity index is 1.62. The maximum absolute atomic E-state index is 14.0. The monoisotopic (exact) mass is 556 g/mol. The van der Waals surface area contributed by atoms with E-state index < -0.39 is 12.0 Å². The van der Waals surface area contributed by atoms with Gasteiger partial charge in [-0.25, -0.2) is 9.79 Å². The Morgan fingerprint density at radius 1 is 1.12 bits per heavy atom. The Labute approximate surface area is 232 Å². The van der Waals surface area contributed by atoms with Crippen molar-refractivity contribution in [2.75, 3.05) is 20.5 Å².